The van der Waals surface area contributed by atoms with Gasteiger partial charge in [-0.05, 0) is 29.8 Å². The molecule has 4 heteroatoms. The number of nitrogens with two attached hydrogens (primary N) is 1. The van der Waals surface area contributed by atoms with E-state index in [0.29, 0.717) is 17.7 Å². The summed E-state index contributed by atoms with van der Waals surface area (Å²) in [6.45, 7) is 0.539. The van der Waals surface area contributed by atoms with Crippen LogP contribution in [-0.2, 0) is 6.54 Å². The maximum absolute atomic E-state index is 12.2. The average Bonchev–Trinajstić information content (AvgIpc) is 2.47. The van der Waals surface area contributed by atoms with Crippen molar-refractivity contribution in [1.82, 2.24) is 4.90 Å². The number of hydrogen-bond acceptors (Lipinski definition) is 2. The van der Waals surface area contributed by atoms with Crippen LogP contribution in [0, 0.1) is 0 Å². The molecule has 0 saturated carbocycles. The van der Waals surface area contributed by atoms with Crippen molar-refractivity contribution in [2.24, 2.45) is 5.73 Å². The van der Waals surface area contributed by atoms with E-state index >= 15 is 0 Å². The minimum Gasteiger partial charge on any atom is -0.366 e. The van der Waals surface area contributed by atoms with Crippen LogP contribution >= 0.6 is 0 Å². The van der Waals surface area contributed by atoms with Crippen LogP contribution in [0.1, 0.15) is 26.3 Å². The predicted molar refractivity (Wildman–Crippen MR) is 77.2 cm³/mol. The highest BCUT2D eigenvalue weighted by Crippen LogP contribution is 2.09. The van der Waals surface area contributed by atoms with Crippen LogP contribution in [0.15, 0.2) is 54.6 Å². The first-order chi connectivity index (χ1) is 9.58. The van der Waals surface area contributed by atoms with Crippen LogP contribution < -0.4 is 5.73 Å². The molecule has 0 saturated heterocycles. The third kappa shape index (κ3) is 3.23. The molecule has 0 bridgehead atoms. The standard InChI is InChI=1S/C16H16N2O2/c1-18(11-12-5-3-2-4-6-12)16(20)14-9-7-13(8-10-14)15(17)19/h2-10H,11H2,1H3,(H2,17,19). The van der Waals surface area contributed by atoms with Crippen molar-refractivity contribution in [2.45, 2.75) is 6.54 Å². The molecule has 2 amide bonds. The fourth-order valence-electron chi connectivity index (χ4n) is 1.93. The lowest BCUT2D eigenvalue weighted by Crippen LogP contribution is -2.26. The smallest absolute Gasteiger partial charge is 0.253 e. The number of benzene rings is 2. The van der Waals surface area contributed by atoms with Crippen molar-refractivity contribution in [1.29, 1.82) is 0 Å². The summed E-state index contributed by atoms with van der Waals surface area (Å²) in [6.07, 6.45) is 0. The van der Waals surface area contributed by atoms with E-state index in [1.165, 1.54) is 0 Å². The second kappa shape index (κ2) is 6.02. The zero-order valence-corrected chi connectivity index (χ0v) is 11.2. The Bertz CT molecular complexity index is 606. The average molecular weight is 268 g/mol. The molecule has 0 aliphatic carbocycles. The fraction of sp³-hybridized carbons (Fsp3) is 0.125. The van der Waals surface area contributed by atoms with Gasteiger partial charge in [0.25, 0.3) is 5.91 Å². The lowest BCUT2D eigenvalue weighted by Gasteiger charge is -2.17. The zero-order valence-electron chi connectivity index (χ0n) is 11.2. The Balaban J connectivity index is 2.08. The molecule has 0 spiro atoms. The third-order valence-corrected chi connectivity index (χ3v) is 3.03. The quantitative estimate of drug-likeness (QED) is 0.922. The van der Waals surface area contributed by atoms with Crippen molar-refractivity contribution in [2.75, 3.05) is 7.05 Å². The summed E-state index contributed by atoms with van der Waals surface area (Å²) in [5.41, 5.74) is 7.17. The largest absolute Gasteiger partial charge is 0.366 e. The Kier molecular flexibility index (Phi) is 4.15. The van der Waals surface area contributed by atoms with Crippen LogP contribution in [0.2, 0.25) is 0 Å². The second-order valence-corrected chi connectivity index (χ2v) is 4.59. The van der Waals surface area contributed by atoms with Crippen molar-refractivity contribution < 1.29 is 9.59 Å². The summed E-state index contributed by atoms with van der Waals surface area (Å²) in [5, 5.41) is 0. The summed E-state index contributed by atoms with van der Waals surface area (Å²) in [5.74, 6) is -0.591. The van der Waals surface area contributed by atoms with Gasteiger partial charge in [0.05, 0.1) is 0 Å². The monoisotopic (exact) mass is 268 g/mol. The van der Waals surface area contributed by atoms with Gasteiger partial charge in [-0.1, -0.05) is 30.3 Å². The van der Waals surface area contributed by atoms with Gasteiger partial charge < -0.3 is 10.6 Å². The van der Waals surface area contributed by atoms with E-state index < -0.39 is 5.91 Å². The third-order valence-electron chi connectivity index (χ3n) is 3.03. The minimum absolute atomic E-state index is 0.0927. The van der Waals surface area contributed by atoms with Gasteiger partial charge in [-0.3, -0.25) is 9.59 Å². The van der Waals surface area contributed by atoms with E-state index in [0.717, 1.165) is 5.56 Å². The number of hydrogen-bond donors (Lipinski definition) is 1. The molecule has 2 rings (SSSR count). The van der Waals surface area contributed by atoms with Crippen molar-refractivity contribution in [3.8, 4) is 0 Å². The Morgan fingerprint density at radius 3 is 2.05 bits per heavy atom. The van der Waals surface area contributed by atoms with Gasteiger partial charge >= 0.3 is 0 Å². The number of amides is 2. The van der Waals surface area contributed by atoms with Gasteiger partial charge in [0.1, 0.15) is 0 Å². The Morgan fingerprint density at radius 2 is 1.50 bits per heavy atom. The van der Waals surface area contributed by atoms with E-state index in [1.807, 2.05) is 30.3 Å². The fourth-order valence-corrected chi connectivity index (χ4v) is 1.93. The highest BCUT2D eigenvalue weighted by atomic mass is 16.2. The number of primary amides is 1. The van der Waals surface area contributed by atoms with E-state index in [1.54, 1.807) is 36.2 Å². The lowest BCUT2D eigenvalue weighted by atomic mass is 10.1. The molecule has 0 aliphatic heterocycles. The molecule has 2 aromatic carbocycles. The first kappa shape index (κ1) is 13.8. The van der Waals surface area contributed by atoms with Crippen molar-refractivity contribution in [3.05, 3.63) is 71.3 Å². The Hall–Kier alpha value is -2.62. The summed E-state index contributed by atoms with van der Waals surface area (Å²) in [6, 6.07) is 16.1. The second-order valence-electron chi connectivity index (χ2n) is 4.59. The highest BCUT2D eigenvalue weighted by molar-refractivity contribution is 5.97. The molecule has 0 atom stereocenters. The molecule has 0 unspecified atom stereocenters. The minimum atomic E-state index is -0.498. The maximum Gasteiger partial charge on any atom is 0.253 e. The van der Waals surface area contributed by atoms with Crippen molar-refractivity contribution in [3.63, 3.8) is 0 Å². The molecule has 4 nitrogen and oxygen atoms in total. The molecule has 0 fully saturated rings. The molecule has 2 aromatic rings. The molecule has 102 valence electrons. The van der Waals surface area contributed by atoms with Crippen LogP contribution in [-0.4, -0.2) is 23.8 Å². The Labute approximate surface area is 117 Å². The van der Waals surface area contributed by atoms with Crippen LogP contribution in [0.25, 0.3) is 0 Å². The van der Waals surface area contributed by atoms with Crippen LogP contribution in [0.4, 0.5) is 0 Å². The van der Waals surface area contributed by atoms with Crippen LogP contribution in [0.5, 0.6) is 0 Å². The molecular weight excluding hydrogens is 252 g/mol. The Morgan fingerprint density at radius 1 is 0.950 bits per heavy atom. The van der Waals surface area contributed by atoms with Gasteiger partial charge in [-0.25, -0.2) is 0 Å². The van der Waals surface area contributed by atoms with E-state index in [4.69, 9.17) is 5.73 Å². The molecule has 20 heavy (non-hydrogen) atoms. The van der Waals surface area contributed by atoms with Gasteiger partial charge in [0, 0.05) is 24.7 Å². The number of carbonyl (C=O) groups excluding carboxylic acids is 2. The summed E-state index contributed by atoms with van der Waals surface area (Å²) >= 11 is 0. The van der Waals surface area contributed by atoms with Gasteiger partial charge in [-0.2, -0.15) is 0 Å². The van der Waals surface area contributed by atoms with Gasteiger partial charge in [0.15, 0.2) is 0 Å². The number of rotatable bonds is 4. The highest BCUT2D eigenvalue weighted by Gasteiger charge is 2.12. The zero-order chi connectivity index (χ0) is 14.5. The van der Waals surface area contributed by atoms with Crippen LogP contribution in [0.3, 0.4) is 0 Å². The summed E-state index contributed by atoms with van der Waals surface area (Å²) in [7, 11) is 1.75. The van der Waals surface area contributed by atoms with Gasteiger partial charge in [-0.15, -0.1) is 0 Å². The molecule has 2 N–H and O–H groups in total. The van der Waals surface area contributed by atoms with Crippen molar-refractivity contribution >= 4 is 11.8 Å². The SMILES string of the molecule is CN(Cc1ccccc1)C(=O)c1ccc(C(N)=O)cc1. The molecule has 0 heterocycles. The molecular formula is C16H16N2O2. The van der Waals surface area contributed by atoms with E-state index in [-0.39, 0.29) is 5.91 Å². The normalized spacial score (nSPS) is 10.1. The maximum atomic E-state index is 12.2. The number of nitrogens with zero attached hydrogens (tertiary/aromatic N) is 1. The summed E-state index contributed by atoms with van der Waals surface area (Å²) in [4.78, 5) is 24.9. The van der Waals surface area contributed by atoms with E-state index in [2.05, 4.69) is 0 Å². The first-order valence-corrected chi connectivity index (χ1v) is 6.27. The summed E-state index contributed by atoms with van der Waals surface area (Å²) < 4.78 is 0. The molecule has 0 aromatic heterocycles. The predicted octanol–water partition coefficient (Wildman–Crippen LogP) is 2.06. The first-order valence-electron chi connectivity index (χ1n) is 6.27. The lowest BCUT2D eigenvalue weighted by molar-refractivity contribution is 0.0784. The molecule has 0 radical (unpaired) electrons. The number of carbonyl (C=O) groups is 2. The van der Waals surface area contributed by atoms with E-state index in [9.17, 15) is 9.59 Å². The topological polar surface area (TPSA) is 63.4 Å². The van der Waals surface area contributed by atoms with Gasteiger partial charge in [0.2, 0.25) is 5.91 Å². The molecule has 0 aliphatic rings.